The van der Waals surface area contributed by atoms with Crippen molar-refractivity contribution in [3.8, 4) is 11.4 Å². The molecular weight excluding hydrogens is 346 g/mol. The summed E-state index contributed by atoms with van der Waals surface area (Å²) in [6.45, 7) is 3.50. The zero-order valence-electron chi connectivity index (χ0n) is 15.0. The first kappa shape index (κ1) is 15.7. The molecule has 0 unspecified atom stereocenters. The van der Waals surface area contributed by atoms with E-state index in [2.05, 4.69) is 15.5 Å². The van der Waals surface area contributed by atoms with E-state index in [9.17, 15) is 4.79 Å². The first-order valence-electron chi connectivity index (χ1n) is 8.68. The molecule has 0 bridgehead atoms. The quantitative estimate of drug-likeness (QED) is 0.533. The molecule has 1 aromatic carbocycles. The summed E-state index contributed by atoms with van der Waals surface area (Å²) < 4.78 is 6.89. The highest BCUT2D eigenvalue weighted by atomic mass is 16.5. The summed E-state index contributed by atoms with van der Waals surface area (Å²) in [6, 6.07) is 9.66. The third-order valence-corrected chi connectivity index (χ3v) is 4.86. The van der Waals surface area contributed by atoms with Crippen molar-refractivity contribution >= 4 is 28.3 Å². The number of hydrogen-bond donors (Lipinski definition) is 0. The molecular formula is C18H17N7O2. The van der Waals surface area contributed by atoms with Gasteiger partial charge in [0.1, 0.15) is 17.3 Å². The molecule has 0 saturated carbocycles. The second-order valence-corrected chi connectivity index (χ2v) is 6.69. The summed E-state index contributed by atoms with van der Waals surface area (Å²) in [5, 5.41) is 13.5. The number of piperazine rings is 1. The van der Waals surface area contributed by atoms with Crippen molar-refractivity contribution < 1.29 is 9.32 Å². The first-order chi connectivity index (χ1) is 13.1. The SMILES string of the molecule is Cc1cc(-c2nnn3c2nc(N2CCN(C)C(=O)C2)c2ccccc23)no1. The highest BCUT2D eigenvalue weighted by Crippen LogP contribution is 2.30. The predicted molar refractivity (Wildman–Crippen MR) is 98.4 cm³/mol. The summed E-state index contributed by atoms with van der Waals surface area (Å²) in [6.07, 6.45) is 0. The number of para-hydroxylation sites is 1. The third kappa shape index (κ3) is 2.42. The van der Waals surface area contributed by atoms with E-state index in [0.29, 0.717) is 35.9 Å². The molecule has 3 aromatic heterocycles. The smallest absolute Gasteiger partial charge is 0.241 e. The van der Waals surface area contributed by atoms with E-state index < -0.39 is 0 Å². The van der Waals surface area contributed by atoms with E-state index in [1.54, 1.807) is 15.5 Å². The molecule has 4 heterocycles. The van der Waals surface area contributed by atoms with E-state index in [4.69, 9.17) is 9.51 Å². The topological polar surface area (TPSA) is 92.7 Å². The Kier molecular flexibility index (Phi) is 3.36. The Morgan fingerprint density at radius 3 is 2.81 bits per heavy atom. The lowest BCUT2D eigenvalue weighted by atomic mass is 10.2. The minimum atomic E-state index is 0.0750. The van der Waals surface area contributed by atoms with Crippen LogP contribution < -0.4 is 4.90 Å². The van der Waals surface area contributed by atoms with Gasteiger partial charge in [-0.1, -0.05) is 22.5 Å². The zero-order valence-corrected chi connectivity index (χ0v) is 15.0. The average molecular weight is 363 g/mol. The molecule has 9 nitrogen and oxygen atoms in total. The highest BCUT2D eigenvalue weighted by Gasteiger charge is 2.25. The molecule has 0 radical (unpaired) electrons. The van der Waals surface area contributed by atoms with Gasteiger partial charge in [-0.05, 0) is 19.1 Å². The van der Waals surface area contributed by atoms with E-state index >= 15 is 0 Å². The summed E-state index contributed by atoms with van der Waals surface area (Å²) in [5.74, 6) is 1.52. The second-order valence-electron chi connectivity index (χ2n) is 6.69. The molecule has 1 aliphatic rings. The lowest BCUT2D eigenvalue weighted by Gasteiger charge is -2.33. The van der Waals surface area contributed by atoms with E-state index in [0.717, 1.165) is 23.3 Å². The molecule has 1 fully saturated rings. The number of aryl methyl sites for hydroxylation is 1. The van der Waals surface area contributed by atoms with Crippen molar-refractivity contribution in [1.82, 2.24) is 29.9 Å². The molecule has 1 amide bonds. The number of fused-ring (bicyclic) bond motifs is 3. The molecule has 27 heavy (non-hydrogen) atoms. The summed E-state index contributed by atoms with van der Waals surface area (Å²) in [7, 11) is 1.82. The van der Waals surface area contributed by atoms with Gasteiger partial charge in [0.2, 0.25) is 5.91 Å². The molecule has 9 heteroatoms. The van der Waals surface area contributed by atoms with Crippen LogP contribution in [-0.2, 0) is 4.79 Å². The van der Waals surface area contributed by atoms with Crippen LogP contribution in [0.4, 0.5) is 5.82 Å². The average Bonchev–Trinajstić information content (AvgIpc) is 3.29. The Bertz CT molecular complexity index is 1180. The lowest BCUT2D eigenvalue weighted by molar-refractivity contribution is -0.129. The van der Waals surface area contributed by atoms with Gasteiger partial charge in [0.15, 0.2) is 11.3 Å². The first-order valence-corrected chi connectivity index (χ1v) is 8.68. The van der Waals surface area contributed by atoms with Gasteiger partial charge in [0.05, 0.1) is 12.1 Å². The van der Waals surface area contributed by atoms with Crippen LogP contribution >= 0.6 is 0 Å². The van der Waals surface area contributed by atoms with Gasteiger partial charge in [0, 0.05) is 31.6 Å². The molecule has 5 rings (SSSR count). The summed E-state index contributed by atoms with van der Waals surface area (Å²) in [5.41, 5.74) is 2.61. The van der Waals surface area contributed by atoms with Crippen LogP contribution in [0.5, 0.6) is 0 Å². The minimum absolute atomic E-state index is 0.0750. The van der Waals surface area contributed by atoms with Crippen LogP contribution in [0.3, 0.4) is 0 Å². The lowest BCUT2D eigenvalue weighted by Crippen LogP contribution is -2.49. The fourth-order valence-electron chi connectivity index (χ4n) is 3.37. The Hall–Kier alpha value is -3.49. The monoisotopic (exact) mass is 363 g/mol. The predicted octanol–water partition coefficient (Wildman–Crippen LogP) is 1.52. The number of amides is 1. The number of anilines is 1. The van der Waals surface area contributed by atoms with Gasteiger partial charge in [-0.2, -0.15) is 4.52 Å². The third-order valence-electron chi connectivity index (χ3n) is 4.86. The molecule has 0 N–H and O–H groups in total. The van der Waals surface area contributed by atoms with E-state index in [1.807, 2.05) is 43.1 Å². The van der Waals surface area contributed by atoms with Crippen molar-refractivity contribution in [1.29, 1.82) is 0 Å². The van der Waals surface area contributed by atoms with Crippen molar-refractivity contribution in [3.05, 3.63) is 36.1 Å². The van der Waals surface area contributed by atoms with E-state index in [1.165, 1.54) is 0 Å². The van der Waals surface area contributed by atoms with Crippen molar-refractivity contribution in [3.63, 3.8) is 0 Å². The number of rotatable bonds is 2. The van der Waals surface area contributed by atoms with Gasteiger partial charge in [0.25, 0.3) is 0 Å². The van der Waals surface area contributed by atoms with Crippen molar-refractivity contribution in [2.75, 3.05) is 31.6 Å². The fourth-order valence-corrected chi connectivity index (χ4v) is 3.37. The second kappa shape index (κ2) is 5.76. The van der Waals surface area contributed by atoms with Crippen LogP contribution in [0, 0.1) is 6.92 Å². The van der Waals surface area contributed by atoms with Gasteiger partial charge in [-0.15, -0.1) is 5.10 Å². The Morgan fingerprint density at radius 1 is 1.19 bits per heavy atom. The van der Waals surface area contributed by atoms with Crippen LogP contribution in [0.1, 0.15) is 5.76 Å². The summed E-state index contributed by atoms with van der Waals surface area (Å²) in [4.78, 5) is 20.8. The molecule has 1 aliphatic heterocycles. The Morgan fingerprint density at radius 2 is 2.04 bits per heavy atom. The normalized spacial score (nSPS) is 15.3. The number of aromatic nitrogens is 5. The molecule has 0 atom stereocenters. The number of hydrogen-bond acceptors (Lipinski definition) is 7. The summed E-state index contributed by atoms with van der Waals surface area (Å²) >= 11 is 0. The van der Waals surface area contributed by atoms with E-state index in [-0.39, 0.29) is 5.91 Å². The molecule has 4 aromatic rings. The van der Waals surface area contributed by atoms with Gasteiger partial charge in [-0.25, -0.2) is 4.98 Å². The van der Waals surface area contributed by atoms with Crippen LogP contribution in [0.15, 0.2) is 34.9 Å². The van der Waals surface area contributed by atoms with Gasteiger partial charge in [-0.3, -0.25) is 4.79 Å². The Balaban J connectivity index is 1.75. The van der Waals surface area contributed by atoms with Gasteiger partial charge < -0.3 is 14.3 Å². The zero-order chi connectivity index (χ0) is 18.5. The Labute approximate surface area is 154 Å². The van der Waals surface area contributed by atoms with Crippen molar-refractivity contribution in [2.24, 2.45) is 0 Å². The van der Waals surface area contributed by atoms with Gasteiger partial charge >= 0.3 is 0 Å². The number of likely N-dealkylation sites (N-methyl/N-ethyl adjacent to an activating group) is 1. The number of carbonyl (C=O) groups is 1. The number of nitrogens with zero attached hydrogens (tertiary/aromatic N) is 7. The van der Waals surface area contributed by atoms with Crippen LogP contribution in [-0.4, -0.2) is 62.5 Å². The fraction of sp³-hybridized carbons (Fsp3) is 0.278. The standard InChI is InChI=1S/C18H17N7O2/c1-11-9-13(21-27-11)16-18-19-17(24-8-7-23(2)15(26)10-24)12-5-3-4-6-14(12)25(18)22-20-16/h3-6,9H,7-8,10H2,1-2H3. The maximum absolute atomic E-state index is 12.2. The molecule has 136 valence electrons. The van der Waals surface area contributed by atoms with Crippen LogP contribution in [0.2, 0.25) is 0 Å². The maximum Gasteiger partial charge on any atom is 0.241 e. The molecule has 0 aliphatic carbocycles. The maximum atomic E-state index is 12.2. The van der Waals surface area contributed by atoms with Crippen molar-refractivity contribution in [2.45, 2.75) is 6.92 Å². The largest absolute Gasteiger partial charge is 0.361 e. The van der Waals surface area contributed by atoms with Crippen LogP contribution in [0.25, 0.3) is 27.9 Å². The molecule has 0 spiro atoms. The number of benzene rings is 1. The number of carbonyl (C=O) groups excluding carboxylic acids is 1. The molecule has 1 saturated heterocycles. The highest BCUT2D eigenvalue weighted by molar-refractivity contribution is 5.95. The minimum Gasteiger partial charge on any atom is -0.361 e.